The van der Waals surface area contributed by atoms with Gasteiger partial charge >= 0.3 is 0 Å². The zero-order valence-corrected chi connectivity index (χ0v) is 18.8. The van der Waals surface area contributed by atoms with Gasteiger partial charge in [-0.1, -0.05) is 25.1 Å². The van der Waals surface area contributed by atoms with Crippen LogP contribution in [-0.2, 0) is 21.2 Å². The molecule has 29 heavy (non-hydrogen) atoms. The van der Waals surface area contributed by atoms with E-state index in [4.69, 9.17) is 0 Å². The first kappa shape index (κ1) is 21.9. The number of amides is 1. The van der Waals surface area contributed by atoms with Crippen LogP contribution < -0.4 is 5.32 Å². The number of aryl methyl sites for hydroxylation is 2. The first-order chi connectivity index (χ1) is 13.9. The molecule has 0 radical (unpaired) electrons. The molecule has 1 aliphatic heterocycles. The summed E-state index contributed by atoms with van der Waals surface area (Å²) in [5.74, 6) is -0.194. The fourth-order valence-electron chi connectivity index (χ4n) is 3.68. The van der Waals surface area contributed by atoms with Crippen LogP contribution in [0.25, 0.3) is 0 Å². The molecule has 7 heteroatoms. The summed E-state index contributed by atoms with van der Waals surface area (Å²) >= 11 is 1.58. The van der Waals surface area contributed by atoms with Gasteiger partial charge in [-0.15, -0.1) is 11.8 Å². The summed E-state index contributed by atoms with van der Waals surface area (Å²) < 4.78 is 27.3. The number of thioether (sulfide) groups is 1. The molecule has 1 heterocycles. The van der Waals surface area contributed by atoms with Gasteiger partial charge in [0.2, 0.25) is 15.9 Å². The van der Waals surface area contributed by atoms with Crippen molar-refractivity contribution in [2.24, 2.45) is 5.92 Å². The summed E-state index contributed by atoms with van der Waals surface area (Å²) in [6.45, 7) is 4.78. The molecule has 0 bridgehead atoms. The Morgan fingerprint density at radius 1 is 1.14 bits per heavy atom. The van der Waals surface area contributed by atoms with Gasteiger partial charge in [0, 0.05) is 29.6 Å². The molecule has 1 N–H and O–H groups in total. The van der Waals surface area contributed by atoms with Gasteiger partial charge in [0.15, 0.2) is 0 Å². The number of rotatable bonds is 6. The van der Waals surface area contributed by atoms with Crippen molar-refractivity contribution >= 4 is 33.4 Å². The average Bonchev–Trinajstić information content (AvgIpc) is 2.75. The number of piperidine rings is 1. The predicted molar refractivity (Wildman–Crippen MR) is 119 cm³/mol. The molecule has 0 unspecified atom stereocenters. The van der Waals surface area contributed by atoms with Gasteiger partial charge < -0.3 is 5.32 Å². The molecule has 2 aromatic carbocycles. The predicted octanol–water partition coefficient (Wildman–Crippen LogP) is 4.32. The summed E-state index contributed by atoms with van der Waals surface area (Å²) in [5.41, 5.74) is 3.06. The minimum absolute atomic E-state index is 0.0182. The zero-order valence-electron chi connectivity index (χ0n) is 17.1. The van der Waals surface area contributed by atoms with Crippen molar-refractivity contribution in [2.45, 2.75) is 42.9 Å². The lowest BCUT2D eigenvalue weighted by Gasteiger charge is -2.31. The number of benzene rings is 2. The third-order valence-corrected chi connectivity index (χ3v) is 8.17. The largest absolute Gasteiger partial charge is 0.325 e. The second-order valence-electron chi connectivity index (χ2n) is 7.31. The molecule has 0 aromatic heterocycles. The second kappa shape index (κ2) is 9.32. The van der Waals surface area contributed by atoms with Crippen molar-refractivity contribution in [3.8, 4) is 0 Å². The quantitative estimate of drug-likeness (QED) is 0.691. The molecule has 0 spiro atoms. The number of sulfonamides is 1. The molecule has 0 saturated carbocycles. The van der Waals surface area contributed by atoms with Crippen LogP contribution in [0.5, 0.6) is 0 Å². The Hall–Kier alpha value is -1.83. The second-order valence-corrected chi connectivity index (χ2v) is 10.1. The molecule has 1 amide bonds. The molecule has 1 saturated heterocycles. The van der Waals surface area contributed by atoms with Crippen LogP contribution >= 0.6 is 11.8 Å². The van der Waals surface area contributed by atoms with Gasteiger partial charge in [0.05, 0.1) is 4.90 Å². The molecule has 0 aliphatic carbocycles. The SMILES string of the molecule is CCc1cccc(C)c1NC(=O)C1CCN(S(=O)(=O)c2ccc(SC)cc2)CC1. The van der Waals surface area contributed by atoms with E-state index < -0.39 is 10.0 Å². The Labute approximate surface area is 177 Å². The molecule has 0 atom stereocenters. The Balaban J connectivity index is 1.65. The van der Waals surface area contributed by atoms with E-state index in [1.54, 1.807) is 23.9 Å². The van der Waals surface area contributed by atoms with Crippen LogP contribution in [0.15, 0.2) is 52.3 Å². The molecular formula is C22H28N2O3S2. The van der Waals surface area contributed by atoms with Crippen molar-refractivity contribution in [1.29, 1.82) is 0 Å². The third-order valence-electron chi connectivity index (χ3n) is 5.51. The first-order valence-electron chi connectivity index (χ1n) is 9.90. The highest BCUT2D eigenvalue weighted by Gasteiger charge is 2.32. The third kappa shape index (κ3) is 4.85. The maximum Gasteiger partial charge on any atom is 0.243 e. The van der Waals surface area contributed by atoms with E-state index in [-0.39, 0.29) is 11.8 Å². The van der Waals surface area contributed by atoms with Crippen LogP contribution in [0.4, 0.5) is 5.69 Å². The van der Waals surface area contributed by atoms with E-state index in [0.717, 1.165) is 28.1 Å². The van der Waals surface area contributed by atoms with E-state index in [0.29, 0.717) is 30.8 Å². The molecule has 2 aromatic rings. The van der Waals surface area contributed by atoms with Gasteiger partial charge in [-0.25, -0.2) is 8.42 Å². The molecule has 156 valence electrons. The standard InChI is InChI=1S/C22H28N2O3S2/c1-4-17-7-5-6-16(2)21(17)23-22(25)18-12-14-24(15-13-18)29(26,27)20-10-8-19(28-3)9-11-20/h5-11,18H,4,12-15H2,1-3H3,(H,23,25). The number of para-hydroxylation sites is 1. The van der Waals surface area contributed by atoms with Crippen LogP contribution in [-0.4, -0.2) is 38.0 Å². The highest BCUT2D eigenvalue weighted by atomic mass is 32.2. The number of carbonyl (C=O) groups is 1. The number of nitrogens with one attached hydrogen (secondary N) is 1. The highest BCUT2D eigenvalue weighted by Crippen LogP contribution is 2.27. The summed E-state index contributed by atoms with van der Waals surface area (Å²) in [6, 6.07) is 13.0. The van der Waals surface area contributed by atoms with E-state index in [1.807, 2.05) is 43.5 Å². The van der Waals surface area contributed by atoms with Crippen LogP contribution in [0.3, 0.4) is 0 Å². The number of anilines is 1. The van der Waals surface area contributed by atoms with Crippen molar-refractivity contribution in [3.05, 3.63) is 53.6 Å². The van der Waals surface area contributed by atoms with Crippen LogP contribution in [0.1, 0.15) is 30.9 Å². The fraction of sp³-hybridized carbons (Fsp3) is 0.409. The summed E-state index contributed by atoms with van der Waals surface area (Å²) in [4.78, 5) is 14.1. The summed E-state index contributed by atoms with van der Waals surface area (Å²) in [7, 11) is -3.52. The Morgan fingerprint density at radius 3 is 2.38 bits per heavy atom. The van der Waals surface area contributed by atoms with Crippen LogP contribution in [0, 0.1) is 12.8 Å². The van der Waals surface area contributed by atoms with Crippen molar-refractivity contribution in [1.82, 2.24) is 4.31 Å². The molecule has 5 nitrogen and oxygen atoms in total. The van der Waals surface area contributed by atoms with Gasteiger partial charge in [-0.05, 0) is 67.8 Å². The average molecular weight is 433 g/mol. The zero-order chi connectivity index (χ0) is 21.0. The number of nitrogens with zero attached hydrogens (tertiary/aromatic N) is 1. The lowest BCUT2D eigenvalue weighted by Crippen LogP contribution is -2.41. The van der Waals surface area contributed by atoms with Crippen molar-refractivity contribution in [3.63, 3.8) is 0 Å². The topological polar surface area (TPSA) is 66.5 Å². The monoisotopic (exact) mass is 432 g/mol. The van der Waals surface area contributed by atoms with Gasteiger partial charge in [0.25, 0.3) is 0 Å². The molecule has 1 fully saturated rings. The van der Waals surface area contributed by atoms with Crippen molar-refractivity contribution in [2.75, 3.05) is 24.7 Å². The van der Waals surface area contributed by atoms with E-state index in [9.17, 15) is 13.2 Å². The van der Waals surface area contributed by atoms with Gasteiger partial charge in [0.1, 0.15) is 0 Å². The van der Waals surface area contributed by atoms with Crippen molar-refractivity contribution < 1.29 is 13.2 Å². The van der Waals surface area contributed by atoms with E-state index in [2.05, 4.69) is 12.2 Å². The Bertz CT molecular complexity index is 964. The first-order valence-corrected chi connectivity index (χ1v) is 12.6. The highest BCUT2D eigenvalue weighted by molar-refractivity contribution is 7.98. The van der Waals surface area contributed by atoms with Gasteiger partial charge in [-0.2, -0.15) is 4.31 Å². The summed E-state index contributed by atoms with van der Waals surface area (Å²) in [5, 5.41) is 3.09. The van der Waals surface area contributed by atoms with E-state index in [1.165, 1.54) is 4.31 Å². The minimum Gasteiger partial charge on any atom is -0.325 e. The maximum absolute atomic E-state index is 12.9. The van der Waals surface area contributed by atoms with Gasteiger partial charge in [-0.3, -0.25) is 4.79 Å². The Kier molecular flexibility index (Phi) is 7.03. The lowest BCUT2D eigenvalue weighted by molar-refractivity contribution is -0.120. The number of hydrogen-bond donors (Lipinski definition) is 1. The fourth-order valence-corrected chi connectivity index (χ4v) is 5.56. The minimum atomic E-state index is -3.52. The molecule has 3 rings (SSSR count). The number of hydrogen-bond acceptors (Lipinski definition) is 4. The summed E-state index contributed by atoms with van der Waals surface area (Å²) in [6.07, 6.45) is 3.87. The smallest absolute Gasteiger partial charge is 0.243 e. The normalized spacial score (nSPS) is 16.0. The number of carbonyl (C=O) groups excluding carboxylic acids is 1. The molecule has 1 aliphatic rings. The lowest BCUT2D eigenvalue weighted by atomic mass is 9.96. The van der Waals surface area contributed by atoms with E-state index >= 15 is 0 Å². The molecular weight excluding hydrogens is 404 g/mol. The Morgan fingerprint density at radius 2 is 1.79 bits per heavy atom. The van der Waals surface area contributed by atoms with Crippen LogP contribution in [0.2, 0.25) is 0 Å². The maximum atomic E-state index is 12.9.